The second kappa shape index (κ2) is 10.4. The van der Waals surface area contributed by atoms with Gasteiger partial charge in [-0.1, -0.05) is 5.21 Å². The van der Waals surface area contributed by atoms with Crippen LogP contribution in [-0.2, 0) is 25.7 Å². The number of rotatable bonds is 6. The van der Waals surface area contributed by atoms with Crippen molar-refractivity contribution in [3.8, 4) is 0 Å². The lowest BCUT2D eigenvalue weighted by Crippen LogP contribution is -2.63. The highest BCUT2D eigenvalue weighted by molar-refractivity contribution is 5.96. The van der Waals surface area contributed by atoms with E-state index in [2.05, 4.69) is 10.3 Å². The van der Waals surface area contributed by atoms with Crippen molar-refractivity contribution in [1.29, 1.82) is 0 Å². The number of aromatic nitrogens is 3. The summed E-state index contributed by atoms with van der Waals surface area (Å²) in [6, 6.07) is 0.507. The van der Waals surface area contributed by atoms with Crippen molar-refractivity contribution in [3.63, 3.8) is 0 Å². The van der Waals surface area contributed by atoms with Crippen LogP contribution >= 0.6 is 0 Å². The molecule has 4 heterocycles. The van der Waals surface area contributed by atoms with Crippen molar-refractivity contribution >= 4 is 35.2 Å². The molecule has 0 bridgehead atoms. The van der Waals surface area contributed by atoms with Gasteiger partial charge in [0, 0.05) is 31.4 Å². The monoisotopic (exact) mass is 554 g/mol. The largest absolute Gasteiger partial charge is 0.442 e. The Morgan fingerprint density at radius 1 is 1.08 bits per heavy atom. The lowest BCUT2D eigenvalue weighted by atomic mass is 10.1. The highest BCUT2D eigenvalue weighted by Crippen LogP contribution is 2.32. The summed E-state index contributed by atoms with van der Waals surface area (Å²) in [5.74, 6) is -5.03. The fraction of sp³-hybridized carbons (Fsp3) is 0.455. The third kappa shape index (κ3) is 5.15. The minimum atomic E-state index is -3.36. The van der Waals surface area contributed by atoms with Crippen LogP contribution in [-0.4, -0.2) is 100 Å². The van der Waals surface area contributed by atoms with Crippen molar-refractivity contribution in [3.05, 3.63) is 36.2 Å². The van der Waals surface area contributed by atoms with Crippen LogP contribution in [0.15, 0.2) is 24.5 Å². The highest BCUT2D eigenvalue weighted by atomic mass is 19.3. The van der Waals surface area contributed by atoms with Gasteiger partial charge < -0.3 is 15.0 Å². The van der Waals surface area contributed by atoms with Crippen LogP contribution in [0.1, 0.15) is 6.42 Å². The molecule has 3 aliphatic rings. The van der Waals surface area contributed by atoms with Gasteiger partial charge in [0.2, 0.25) is 5.91 Å². The molecule has 3 fully saturated rings. The Bertz CT molecular complexity index is 1270. The number of cyclic esters (lactones) is 1. The van der Waals surface area contributed by atoms with Gasteiger partial charge in [-0.3, -0.25) is 19.3 Å². The van der Waals surface area contributed by atoms with Gasteiger partial charge in [0.1, 0.15) is 17.8 Å². The highest BCUT2D eigenvalue weighted by Gasteiger charge is 2.42. The third-order valence-electron chi connectivity index (χ3n) is 6.55. The van der Waals surface area contributed by atoms with Crippen LogP contribution in [0.5, 0.6) is 0 Å². The van der Waals surface area contributed by atoms with Crippen LogP contribution in [0.4, 0.5) is 33.7 Å². The molecule has 0 spiro atoms. The maximum Gasteiger partial charge on any atom is 0.414 e. The third-order valence-corrected chi connectivity index (χ3v) is 6.55. The van der Waals surface area contributed by atoms with Gasteiger partial charge in [0.25, 0.3) is 11.8 Å². The first-order chi connectivity index (χ1) is 18.6. The molecule has 13 nitrogen and oxygen atoms in total. The predicted octanol–water partition coefficient (Wildman–Crippen LogP) is 0.127. The van der Waals surface area contributed by atoms with E-state index in [9.17, 15) is 28.0 Å². The van der Waals surface area contributed by atoms with E-state index in [-0.39, 0.29) is 45.0 Å². The molecule has 2 atom stereocenters. The summed E-state index contributed by atoms with van der Waals surface area (Å²) in [6.07, 6.45) is -2.24. The smallest absolute Gasteiger partial charge is 0.414 e. The summed E-state index contributed by atoms with van der Waals surface area (Å²) in [4.78, 5) is 51.5. The number of benzene rings is 1. The molecule has 0 aliphatic carbocycles. The zero-order valence-electron chi connectivity index (χ0n) is 20.2. The number of anilines is 2. The molecule has 1 N–H and O–H groups in total. The van der Waals surface area contributed by atoms with Crippen molar-refractivity contribution < 1.29 is 41.5 Å². The zero-order chi connectivity index (χ0) is 27.8. The van der Waals surface area contributed by atoms with Gasteiger partial charge in [0.15, 0.2) is 11.6 Å². The molecule has 1 aromatic carbocycles. The van der Waals surface area contributed by atoms with Gasteiger partial charge >= 0.3 is 12.5 Å². The molecule has 17 heteroatoms. The SMILES string of the molecule is O=C(N[C@H]1CC(=O)N2CCN(c3c(F)cc(N4CC(Cn5ccnn5)OC4=O)cc3F)CCN2C1=O)C(F)F. The fourth-order valence-corrected chi connectivity index (χ4v) is 4.77. The second-order valence-electron chi connectivity index (χ2n) is 9.03. The number of carbonyl (C=O) groups is 4. The molecular formula is C22H22F4N8O5. The minimum Gasteiger partial charge on any atom is -0.442 e. The van der Waals surface area contributed by atoms with E-state index in [0.29, 0.717) is 0 Å². The number of carbonyl (C=O) groups excluding carboxylic acids is 4. The second-order valence-corrected chi connectivity index (χ2v) is 9.03. The first kappa shape index (κ1) is 26.2. The lowest BCUT2D eigenvalue weighted by Gasteiger charge is -2.39. The van der Waals surface area contributed by atoms with Gasteiger partial charge in [-0.15, -0.1) is 5.10 Å². The van der Waals surface area contributed by atoms with Crippen LogP contribution in [0, 0.1) is 11.6 Å². The summed E-state index contributed by atoms with van der Waals surface area (Å²) < 4.78 is 62.5. The molecule has 1 aromatic heterocycles. The molecule has 0 radical (unpaired) electrons. The number of fused-ring (bicyclic) bond motifs is 1. The summed E-state index contributed by atoms with van der Waals surface area (Å²) in [5, 5.41) is 11.4. The van der Waals surface area contributed by atoms with Crippen molar-refractivity contribution in [2.45, 2.75) is 31.5 Å². The van der Waals surface area contributed by atoms with Crippen molar-refractivity contribution in [1.82, 2.24) is 30.3 Å². The Morgan fingerprint density at radius 2 is 1.77 bits per heavy atom. The van der Waals surface area contributed by atoms with Crippen molar-refractivity contribution in [2.24, 2.45) is 0 Å². The van der Waals surface area contributed by atoms with Gasteiger partial charge in [-0.25, -0.2) is 28.3 Å². The van der Waals surface area contributed by atoms with E-state index >= 15 is 8.78 Å². The molecular weight excluding hydrogens is 532 g/mol. The molecule has 4 amide bonds. The van der Waals surface area contributed by atoms with Crippen LogP contribution < -0.4 is 15.1 Å². The minimum absolute atomic E-state index is 0.0258. The molecule has 3 aliphatic heterocycles. The molecule has 1 unspecified atom stereocenters. The van der Waals surface area contributed by atoms with E-state index in [1.807, 2.05) is 5.32 Å². The number of hydrogen-bond donors (Lipinski definition) is 1. The van der Waals surface area contributed by atoms with E-state index in [1.54, 1.807) is 6.20 Å². The average molecular weight is 554 g/mol. The Balaban J connectivity index is 1.29. The maximum atomic E-state index is 15.3. The van der Waals surface area contributed by atoms with E-state index in [0.717, 1.165) is 27.1 Å². The van der Waals surface area contributed by atoms with Gasteiger partial charge in [-0.2, -0.15) is 8.78 Å². The normalized spacial score (nSPS) is 21.8. The first-order valence-electron chi connectivity index (χ1n) is 11.9. The van der Waals surface area contributed by atoms with E-state index < -0.39 is 66.1 Å². The molecule has 208 valence electrons. The summed E-state index contributed by atoms with van der Waals surface area (Å²) in [6.45, 7) is -0.252. The summed E-state index contributed by atoms with van der Waals surface area (Å²) in [5.41, 5.74) is -0.479. The topological polar surface area (TPSA) is 133 Å². The summed E-state index contributed by atoms with van der Waals surface area (Å²) >= 11 is 0. The number of alkyl halides is 2. The number of hydrazine groups is 1. The Kier molecular flexibility index (Phi) is 6.96. The number of amides is 4. The molecule has 2 aromatic rings. The quantitative estimate of drug-likeness (QED) is 0.499. The fourth-order valence-electron chi connectivity index (χ4n) is 4.77. The standard InChI is InChI=1S/C22H22F4N8O5/c23-14-7-12(32-11-13(39-22(32)38)10-31-2-1-27-29-31)8-15(24)18(14)30-3-5-33-17(35)9-16(28-20(36)19(25)26)21(37)34(33)6-4-30/h1-2,7-8,13,16,19H,3-6,9-11H2,(H,28,36)/t13?,16-/m0/s1. The molecule has 0 saturated carbocycles. The van der Waals surface area contributed by atoms with Crippen LogP contribution in [0.25, 0.3) is 0 Å². The number of ether oxygens (including phenoxy) is 1. The lowest BCUT2D eigenvalue weighted by molar-refractivity contribution is -0.172. The zero-order valence-corrected chi connectivity index (χ0v) is 20.2. The van der Waals surface area contributed by atoms with Crippen LogP contribution in [0.2, 0.25) is 0 Å². The van der Waals surface area contributed by atoms with E-state index in [1.165, 1.54) is 15.8 Å². The van der Waals surface area contributed by atoms with Crippen molar-refractivity contribution in [2.75, 3.05) is 42.5 Å². The molecule has 39 heavy (non-hydrogen) atoms. The predicted molar refractivity (Wildman–Crippen MR) is 122 cm³/mol. The van der Waals surface area contributed by atoms with Crippen LogP contribution in [0.3, 0.4) is 0 Å². The molecule has 5 rings (SSSR count). The Morgan fingerprint density at radius 3 is 2.41 bits per heavy atom. The number of halogens is 4. The number of nitrogens with one attached hydrogen (secondary N) is 1. The maximum absolute atomic E-state index is 15.3. The van der Waals surface area contributed by atoms with E-state index in [4.69, 9.17) is 4.74 Å². The van der Waals surface area contributed by atoms with Gasteiger partial charge in [0.05, 0.1) is 44.5 Å². The Labute approximate surface area is 217 Å². The van der Waals surface area contributed by atoms with Gasteiger partial charge in [-0.05, 0) is 0 Å². The Hall–Kier alpha value is -4.44. The molecule has 3 saturated heterocycles. The first-order valence-corrected chi connectivity index (χ1v) is 11.9. The number of hydrogen-bond acceptors (Lipinski definition) is 8. The summed E-state index contributed by atoms with van der Waals surface area (Å²) in [7, 11) is 0. The average Bonchev–Trinajstić information content (AvgIpc) is 3.46. The number of nitrogens with zero attached hydrogens (tertiary/aromatic N) is 7.